The number of anilines is 1. The van der Waals surface area contributed by atoms with Crippen LogP contribution in [-0.2, 0) is 11.2 Å². The van der Waals surface area contributed by atoms with Gasteiger partial charge in [0.25, 0.3) is 0 Å². The van der Waals surface area contributed by atoms with E-state index in [-0.39, 0.29) is 0 Å². The van der Waals surface area contributed by atoms with E-state index in [1.165, 1.54) is 11.1 Å². The summed E-state index contributed by atoms with van der Waals surface area (Å²) in [5.74, 6) is 1.57. The molecule has 5 nitrogen and oxygen atoms in total. The van der Waals surface area contributed by atoms with Crippen molar-refractivity contribution in [2.24, 2.45) is 0 Å². The van der Waals surface area contributed by atoms with Gasteiger partial charge in [0.05, 0.1) is 7.11 Å². The Hall–Kier alpha value is -3.47. The van der Waals surface area contributed by atoms with Gasteiger partial charge in [-0.05, 0) is 61.6 Å². The molecule has 0 aliphatic carbocycles. The van der Waals surface area contributed by atoms with Gasteiger partial charge in [0.2, 0.25) is 0 Å². The highest BCUT2D eigenvalue weighted by Gasteiger charge is 2.19. The molecule has 5 heteroatoms. The number of carbonyl (C=O) groups is 1. The third-order valence-electron chi connectivity index (χ3n) is 5.47. The minimum Gasteiger partial charge on any atom is -0.497 e. The summed E-state index contributed by atoms with van der Waals surface area (Å²) >= 11 is 0. The first kappa shape index (κ1) is 23.2. The van der Waals surface area contributed by atoms with Gasteiger partial charge in [-0.15, -0.1) is 0 Å². The Morgan fingerprint density at radius 3 is 2.28 bits per heavy atom. The second-order valence-electron chi connectivity index (χ2n) is 7.72. The number of ether oxygens (including phenoxy) is 3. The summed E-state index contributed by atoms with van der Waals surface area (Å²) in [6.07, 6.45) is -0.272. The van der Waals surface area contributed by atoms with Crippen LogP contribution in [0.3, 0.4) is 0 Å². The van der Waals surface area contributed by atoms with Gasteiger partial charge >= 0.3 is 6.16 Å². The number of methoxy groups -OCH3 is 1. The zero-order valence-corrected chi connectivity index (χ0v) is 19.2. The molecule has 0 aliphatic heterocycles. The van der Waals surface area contributed by atoms with Crippen molar-refractivity contribution in [3.8, 4) is 11.5 Å². The van der Waals surface area contributed by atoms with Crippen LogP contribution in [0.1, 0.15) is 37.8 Å². The lowest BCUT2D eigenvalue weighted by atomic mass is 9.94. The fourth-order valence-corrected chi connectivity index (χ4v) is 3.71. The van der Waals surface area contributed by atoms with Crippen LogP contribution in [-0.4, -0.2) is 26.0 Å². The van der Waals surface area contributed by atoms with Gasteiger partial charge in [0.1, 0.15) is 11.5 Å². The molecule has 3 aromatic carbocycles. The first-order chi connectivity index (χ1) is 15.5. The molecule has 0 saturated carbocycles. The molecule has 3 rings (SSSR count). The molecule has 2 unspecified atom stereocenters. The van der Waals surface area contributed by atoms with E-state index in [1.807, 2.05) is 73.3 Å². The molecular weight excluding hydrogens is 402 g/mol. The van der Waals surface area contributed by atoms with E-state index in [0.29, 0.717) is 18.2 Å². The molecule has 0 bridgehead atoms. The number of rotatable bonds is 9. The summed E-state index contributed by atoms with van der Waals surface area (Å²) in [5, 5.41) is 0. The van der Waals surface area contributed by atoms with E-state index in [4.69, 9.17) is 14.2 Å². The highest BCUT2D eigenvalue weighted by molar-refractivity contribution is 5.64. The summed E-state index contributed by atoms with van der Waals surface area (Å²) in [5.41, 5.74) is 3.40. The normalized spacial score (nSPS) is 12.5. The van der Waals surface area contributed by atoms with Gasteiger partial charge in [-0.2, -0.15) is 0 Å². The lowest BCUT2D eigenvalue weighted by Crippen LogP contribution is -2.37. The molecule has 0 aliphatic rings. The summed E-state index contributed by atoms with van der Waals surface area (Å²) < 4.78 is 16.2. The first-order valence-corrected chi connectivity index (χ1v) is 10.9. The third kappa shape index (κ3) is 6.27. The van der Waals surface area contributed by atoms with Crippen molar-refractivity contribution >= 4 is 11.8 Å². The van der Waals surface area contributed by atoms with E-state index in [9.17, 15) is 4.79 Å². The summed E-state index contributed by atoms with van der Waals surface area (Å²) in [6.45, 7) is 6.67. The molecule has 0 spiro atoms. The van der Waals surface area contributed by atoms with Gasteiger partial charge in [-0.3, -0.25) is 0 Å². The van der Waals surface area contributed by atoms with Crippen LogP contribution in [0, 0.1) is 0 Å². The Morgan fingerprint density at radius 2 is 1.62 bits per heavy atom. The lowest BCUT2D eigenvalue weighted by Gasteiger charge is -2.29. The molecule has 168 valence electrons. The molecule has 0 fully saturated rings. The average Bonchev–Trinajstić information content (AvgIpc) is 2.80. The minimum atomic E-state index is -0.732. The molecule has 3 aromatic rings. The zero-order valence-electron chi connectivity index (χ0n) is 19.2. The van der Waals surface area contributed by atoms with Crippen LogP contribution in [0.2, 0.25) is 0 Å². The highest BCUT2D eigenvalue weighted by Crippen LogP contribution is 2.25. The molecule has 0 aromatic heterocycles. The Labute approximate surface area is 190 Å². The topological polar surface area (TPSA) is 48.0 Å². The smallest absolute Gasteiger partial charge is 0.497 e. The summed E-state index contributed by atoms with van der Waals surface area (Å²) in [4.78, 5) is 14.3. The number of carbonyl (C=O) groups excluding carboxylic acids is 1. The Morgan fingerprint density at radius 1 is 0.906 bits per heavy atom. The van der Waals surface area contributed by atoms with Crippen LogP contribution in [0.15, 0.2) is 78.9 Å². The average molecular weight is 434 g/mol. The van der Waals surface area contributed by atoms with E-state index in [1.54, 1.807) is 7.11 Å². The van der Waals surface area contributed by atoms with E-state index >= 15 is 0 Å². The largest absolute Gasteiger partial charge is 0.515 e. The van der Waals surface area contributed by atoms with Crippen molar-refractivity contribution in [1.82, 2.24) is 0 Å². The van der Waals surface area contributed by atoms with E-state index in [0.717, 1.165) is 17.9 Å². The molecule has 0 radical (unpaired) electrons. The summed E-state index contributed by atoms with van der Waals surface area (Å²) in [6, 6.07) is 25.6. The quantitative estimate of drug-likeness (QED) is 0.221. The van der Waals surface area contributed by atoms with Crippen LogP contribution in [0.5, 0.6) is 11.5 Å². The van der Waals surface area contributed by atoms with Crippen LogP contribution >= 0.6 is 0 Å². The van der Waals surface area contributed by atoms with Crippen molar-refractivity contribution < 1.29 is 19.0 Å². The van der Waals surface area contributed by atoms with Crippen LogP contribution in [0.25, 0.3) is 0 Å². The highest BCUT2D eigenvalue weighted by atomic mass is 16.7. The van der Waals surface area contributed by atoms with Gasteiger partial charge in [-0.25, -0.2) is 4.79 Å². The maximum absolute atomic E-state index is 12.4. The number of nitrogens with zero attached hydrogens (tertiary/aromatic N) is 1. The second kappa shape index (κ2) is 11.2. The SMILES string of the molecule is CCN(c1cccc(OC)c1)C(C)OC(=O)Oc1ccc(C(C)Cc2ccccc2)cc1. The zero-order chi connectivity index (χ0) is 22.9. The van der Waals surface area contributed by atoms with Crippen molar-refractivity contribution in [2.75, 3.05) is 18.6 Å². The fraction of sp³-hybridized carbons (Fsp3) is 0.296. The second-order valence-corrected chi connectivity index (χ2v) is 7.72. The minimum absolute atomic E-state index is 0.361. The first-order valence-electron chi connectivity index (χ1n) is 10.9. The molecule has 0 N–H and O–H groups in total. The maximum Gasteiger partial charge on any atom is 0.515 e. The molecule has 32 heavy (non-hydrogen) atoms. The standard InChI is InChI=1S/C27H31NO4/c1-5-28(24-12-9-13-26(19-24)30-4)21(3)31-27(29)32-25-16-14-23(15-17-25)20(2)18-22-10-7-6-8-11-22/h6-17,19-21H,5,18H2,1-4H3. The molecule has 0 amide bonds. The van der Waals surface area contributed by atoms with Gasteiger partial charge in [0.15, 0.2) is 6.23 Å². The Kier molecular flexibility index (Phi) is 8.14. The molecule has 0 heterocycles. The Bertz CT molecular complexity index is 988. The van der Waals surface area contributed by atoms with Gasteiger partial charge in [0, 0.05) is 18.3 Å². The van der Waals surface area contributed by atoms with Crippen LogP contribution < -0.4 is 14.4 Å². The lowest BCUT2D eigenvalue weighted by molar-refractivity contribution is 0.0645. The van der Waals surface area contributed by atoms with Crippen LogP contribution in [0.4, 0.5) is 10.5 Å². The molecule has 0 saturated heterocycles. The van der Waals surface area contributed by atoms with Crippen molar-refractivity contribution in [3.63, 3.8) is 0 Å². The maximum atomic E-state index is 12.4. The third-order valence-corrected chi connectivity index (χ3v) is 5.47. The number of hydrogen-bond acceptors (Lipinski definition) is 5. The number of benzene rings is 3. The molecule has 2 atom stereocenters. The number of hydrogen-bond donors (Lipinski definition) is 0. The predicted octanol–water partition coefficient (Wildman–Crippen LogP) is 6.43. The molecular formula is C27H31NO4. The summed E-state index contributed by atoms with van der Waals surface area (Å²) in [7, 11) is 1.63. The van der Waals surface area contributed by atoms with E-state index < -0.39 is 12.4 Å². The van der Waals surface area contributed by atoms with Crippen molar-refractivity contribution in [2.45, 2.75) is 39.3 Å². The monoisotopic (exact) mass is 433 g/mol. The van der Waals surface area contributed by atoms with Gasteiger partial charge in [-0.1, -0.05) is 55.5 Å². The Balaban J connectivity index is 1.56. The van der Waals surface area contributed by atoms with Gasteiger partial charge < -0.3 is 19.1 Å². The van der Waals surface area contributed by atoms with Crippen molar-refractivity contribution in [1.29, 1.82) is 0 Å². The fourth-order valence-electron chi connectivity index (χ4n) is 3.71. The van der Waals surface area contributed by atoms with E-state index in [2.05, 4.69) is 31.2 Å². The van der Waals surface area contributed by atoms with Crippen molar-refractivity contribution in [3.05, 3.63) is 90.0 Å². The predicted molar refractivity (Wildman–Crippen MR) is 128 cm³/mol.